The molecular formula is C20H26N2O. The summed E-state index contributed by atoms with van der Waals surface area (Å²) >= 11 is 0. The van der Waals surface area contributed by atoms with Gasteiger partial charge in [-0.3, -0.25) is 4.79 Å². The lowest BCUT2D eigenvalue weighted by Crippen LogP contribution is -2.30. The van der Waals surface area contributed by atoms with Crippen molar-refractivity contribution in [2.45, 2.75) is 58.0 Å². The van der Waals surface area contributed by atoms with E-state index in [4.69, 9.17) is 5.73 Å². The average molecular weight is 310 g/mol. The summed E-state index contributed by atoms with van der Waals surface area (Å²) in [7, 11) is 0. The molecule has 0 aliphatic heterocycles. The van der Waals surface area contributed by atoms with Crippen LogP contribution < -0.4 is 11.3 Å². The van der Waals surface area contributed by atoms with Crippen molar-refractivity contribution in [2.75, 3.05) is 0 Å². The first-order chi connectivity index (χ1) is 11.1. The smallest absolute Gasteiger partial charge is 0.255 e. The lowest BCUT2D eigenvalue weighted by Gasteiger charge is -2.20. The van der Waals surface area contributed by atoms with Gasteiger partial charge < -0.3 is 10.3 Å². The molecule has 3 nitrogen and oxygen atoms in total. The quantitative estimate of drug-likeness (QED) is 0.935. The fourth-order valence-electron chi connectivity index (χ4n) is 3.43. The predicted molar refractivity (Wildman–Crippen MR) is 94.8 cm³/mol. The number of hydrogen-bond acceptors (Lipinski definition) is 2. The van der Waals surface area contributed by atoms with E-state index in [2.05, 4.69) is 32.0 Å². The molecule has 1 heterocycles. The van der Waals surface area contributed by atoms with Gasteiger partial charge in [-0.25, -0.2) is 0 Å². The average Bonchev–Trinajstić information content (AvgIpc) is 2.60. The van der Waals surface area contributed by atoms with Gasteiger partial charge in [0.25, 0.3) is 5.56 Å². The van der Waals surface area contributed by atoms with E-state index in [-0.39, 0.29) is 17.6 Å². The molecule has 122 valence electrons. The van der Waals surface area contributed by atoms with Crippen molar-refractivity contribution in [3.8, 4) is 0 Å². The predicted octanol–water partition coefficient (Wildman–Crippen LogP) is 3.75. The fourth-order valence-corrected chi connectivity index (χ4v) is 3.43. The van der Waals surface area contributed by atoms with E-state index in [1.54, 1.807) is 4.57 Å². The maximum absolute atomic E-state index is 12.8. The highest BCUT2D eigenvalue weighted by molar-refractivity contribution is 5.38. The van der Waals surface area contributed by atoms with Gasteiger partial charge >= 0.3 is 0 Å². The van der Waals surface area contributed by atoms with Crippen LogP contribution in [0.15, 0.2) is 41.3 Å². The van der Waals surface area contributed by atoms with E-state index in [0.29, 0.717) is 5.56 Å². The molecule has 3 heteroatoms. The minimum atomic E-state index is -0.355. The molecule has 0 saturated heterocycles. The highest BCUT2D eigenvalue weighted by atomic mass is 16.1. The molecule has 1 aliphatic rings. The van der Waals surface area contributed by atoms with Crippen LogP contribution in [0.2, 0.25) is 0 Å². The topological polar surface area (TPSA) is 48.0 Å². The van der Waals surface area contributed by atoms with E-state index >= 15 is 0 Å². The van der Waals surface area contributed by atoms with Gasteiger partial charge in [-0.2, -0.15) is 0 Å². The van der Waals surface area contributed by atoms with E-state index in [0.717, 1.165) is 24.8 Å². The van der Waals surface area contributed by atoms with Crippen LogP contribution in [0.3, 0.4) is 0 Å². The van der Waals surface area contributed by atoms with E-state index in [1.807, 2.05) is 18.3 Å². The van der Waals surface area contributed by atoms with Crippen molar-refractivity contribution in [1.29, 1.82) is 0 Å². The molecule has 3 rings (SSSR count). The zero-order valence-corrected chi connectivity index (χ0v) is 14.1. The van der Waals surface area contributed by atoms with Crippen LogP contribution in [0.25, 0.3) is 0 Å². The van der Waals surface area contributed by atoms with Crippen molar-refractivity contribution in [3.05, 3.63) is 69.1 Å². The molecule has 0 spiro atoms. The van der Waals surface area contributed by atoms with Crippen LogP contribution in [0.5, 0.6) is 0 Å². The Kier molecular flexibility index (Phi) is 4.67. The Morgan fingerprint density at radius 1 is 1.17 bits per heavy atom. The van der Waals surface area contributed by atoms with Gasteiger partial charge in [0.15, 0.2) is 0 Å². The number of benzene rings is 1. The molecule has 2 aromatic rings. The van der Waals surface area contributed by atoms with Crippen molar-refractivity contribution < 1.29 is 0 Å². The fraction of sp³-hybridized carbons (Fsp3) is 0.450. The Morgan fingerprint density at radius 2 is 1.91 bits per heavy atom. The summed E-state index contributed by atoms with van der Waals surface area (Å²) < 4.78 is 1.80. The number of fused-ring (bicyclic) bond motifs is 1. The lowest BCUT2D eigenvalue weighted by molar-refractivity contribution is 0.509. The number of hydrogen-bond donors (Lipinski definition) is 1. The summed E-state index contributed by atoms with van der Waals surface area (Å²) in [5, 5.41) is 0. The number of aromatic nitrogens is 1. The number of pyridine rings is 1. The van der Waals surface area contributed by atoms with E-state index in [1.165, 1.54) is 24.0 Å². The van der Waals surface area contributed by atoms with Crippen LogP contribution in [0, 0.1) is 0 Å². The SMILES string of the molecule is CCC(C)n1cccc(C(N)c2ccc3c(c2)CCCC3)c1=O. The third-order valence-corrected chi connectivity index (χ3v) is 5.14. The van der Waals surface area contributed by atoms with Crippen LogP contribution in [-0.4, -0.2) is 4.57 Å². The number of nitrogens with two attached hydrogens (primary N) is 1. The Bertz CT molecular complexity index is 748. The van der Waals surface area contributed by atoms with Gasteiger partial charge in [0.1, 0.15) is 0 Å². The monoisotopic (exact) mass is 310 g/mol. The molecule has 1 aromatic carbocycles. The number of rotatable bonds is 4. The number of nitrogens with zero attached hydrogens (tertiary/aromatic N) is 1. The Balaban J connectivity index is 1.97. The minimum Gasteiger partial charge on any atom is -0.320 e. The first-order valence-corrected chi connectivity index (χ1v) is 8.70. The molecule has 0 fully saturated rings. The highest BCUT2D eigenvalue weighted by Crippen LogP contribution is 2.26. The minimum absolute atomic E-state index is 0.0343. The lowest BCUT2D eigenvalue weighted by atomic mass is 9.88. The second kappa shape index (κ2) is 6.71. The summed E-state index contributed by atoms with van der Waals surface area (Å²) in [6.45, 7) is 4.16. The maximum atomic E-state index is 12.8. The van der Waals surface area contributed by atoms with Crippen LogP contribution in [-0.2, 0) is 12.8 Å². The van der Waals surface area contributed by atoms with Crippen molar-refractivity contribution in [1.82, 2.24) is 4.57 Å². The molecule has 2 unspecified atom stereocenters. The first-order valence-electron chi connectivity index (χ1n) is 8.70. The third kappa shape index (κ3) is 3.11. The van der Waals surface area contributed by atoms with Gasteiger partial charge in [-0.05, 0) is 61.8 Å². The maximum Gasteiger partial charge on any atom is 0.255 e. The largest absolute Gasteiger partial charge is 0.320 e. The standard InChI is InChI=1S/C20H26N2O/c1-3-14(2)22-12-6-9-18(20(22)23)19(21)17-11-10-15-7-4-5-8-16(15)13-17/h6,9-14,19H,3-5,7-8,21H2,1-2H3. The molecule has 2 atom stereocenters. The van der Waals surface area contributed by atoms with Crippen molar-refractivity contribution >= 4 is 0 Å². The normalized spacial score (nSPS) is 16.7. The molecule has 0 radical (unpaired) electrons. The summed E-state index contributed by atoms with van der Waals surface area (Å²) in [6.07, 6.45) is 7.60. The highest BCUT2D eigenvalue weighted by Gasteiger charge is 2.18. The summed E-state index contributed by atoms with van der Waals surface area (Å²) in [5.41, 5.74) is 11.1. The molecule has 0 amide bonds. The van der Waals surface area contributed by atoms with Gasteiger partial charge in [-0.1, -0.05) is 31.2 Å². The number of aryl methyl sites for hydroxylation is 2. The second-order valence-corrected chi connectivity index (χ2v) is 6.65. The molecular weight excluding hydrogens is 284 g/mol. The van der Waals surface area contributed by atoms with Gasteiger partial charge in [-0.15, -0.1) is 0 Å². The van der Waals surface area contributed by atoms with Crippen molar-refractivity contribution in [2.24, 2.45) is 5.73 Å². The van der Waals surface area contributed by atoms with Crippen LogP contribution >= 0.6 is 0 Å². The third-order valence-electron chi connectivity index (χ3n) is 5.14. The molecule has 0 bridgehead atoms. The Morgan fingerprint density at radius 3 is 2.65 bits per heavy atom. The second-order valence-electron chi connectivity index (χ2n) is 6.65. The summed E-state index contributed by atoms with van der Waals surface area (Å²) in [4.78, 5) is 12.8. The molecule has 1 aliphatic carbocycles. The van der Waals surface area contributed by atoms with Crippen LogP contribution in [0.1, 0.15) is 67.4 Å². The summed E-state index contributed by atoms with van der Waals surface area (Å²) in [6, 6.07) is 10.1. The van der Waals surface area contributed by atoms with Crippen molar-refractivity contribution in [3.63, 3.8) is 0 Å². The van der Waals surface area contributed by atoms with E-state index < -0.39 is 0 Å². The molecule has 0 saturated carbocycles. The molecule has 1 aromatic heterocycles. The molecule has 23 heavy (non-hydrogen) atoms. The molecule has 2 N–H and O–H groups in total. The van der Waals surface area contributed by atoms with Gasteiger partial charge in [0.2, 0.25) is 0 Å². The van der Waals surface area contributed by atoms with E-state index in [9.17, 15) is 4.79 Å². The first kappa shape index (κ1) is 16.0. The van der Waals surface area contributed by atoms with Gasteiger partial charge in [0, 0.05) is 17.8 Å². The van der Waals surface area contributed by atoms with Crippen LogP contribution in [0.4, 0.5) is 0 Å². The zero-order chi connectivity index (χ0) is 16.4. The van der Waals surface area contributed by atoms with Gasteiger partial charge in [0.05, 0.1) is 6.04 Å². The summed E-state index contributed by atoms with van der Waals surface area (Å²) in [5.74, 6) is 0. The Labute approximate surface area is 138 Å². The zero-order valence-electron chi connectivity index (χ0n) is 14.1. The Hall–Kier alpha value is -1.87.